The number of aryl methyl sites for hydroxylation is 1. The first-order chi connectivity index (χ1) is 11.0. The highest BCUT2D eigenvalue weighted by atomic mass is 35.5. The number of halogens is 1. The van der Waals surface area contributed by atoms with E-state index in [9.17, 15) is 9.90 Å². The number of likely N-dealkylation sites (tertiary alicyclic amines) is 1. The van der Waals surface area contributed by atoms with E-state index >= 15 is 0 Å². The summed E-state index contributed by atoms with van der Waals surface area (Å²) in [5.74, 6) is 0.755. The molecule has 1 aromatic rings. The predicted octanol–water partition coefficient (Wildman–Crippen LogP) is 2.48. The lowest BCUT2D eigenvalue weighted by atomic mass is 9.99. The Kier molecular flexibility index (Phi) is 7.34. The van der Waals surface area contributed by atoms with Crippen LogP contribution in [-0.2, 0) is 11.2 Å². The first-order valence-electron chi connectivity index (χ1n) is 8.44. The second kappa shape index (κ2) is 9.26. The van der Waals surface area contributed by atoms with E-state index < -0.39 is 6.10 Å². The number of nitrogens with one attached hydrogen (secondary N) is 1. The van der Waals surface area contributed by atoms with Crippen molar-refractivity contribution < 1.29 is 9.90 Å². The minimum Gasteiger partial charge on any atom is -0.390 e. The fourth-order valence-corrected chi connectivity index (χ4v) is 3.09. The Morgan fingerprint density at radius 2 is 2.17 bits per heavy atom. The van der Waals surface area contributed by atoms with E-state index in [0.29, 0.717) is 31.0 Å². The maximum absolute atomic E-state index is 11.9. The van der Waals surface area contributed by atoms with Gasteiger partial charge < -0.3 is 15.3 Å². The van der Waals surface area contributed by atoms with Crippen molar-refractivity contribution in [1.82, 2.24) is 10.2 Å². The number of piperidine rings is 1. The summed E-state index contributed by atoms with van der Waals surface area (Å²) >= 11 is 5.93. The van der Waals surface area contributed by atoms with Gasteiger partial charge >= 0.3 is 0 Å². The number of hydrogen-bond acceptors (Lipinski definition) is 3. The average Bonchev–Trinajstić information content (AvgIpc) is 2.53. The topological polar surface area (TPSA) is 52.6 Å². The lowest BCUT2D eigenvalue weighted by Crippen LogP contribution is -2.43. The summed E-state index contributed by atoms with van der Waals surface area (Å²) in [5.41, 5.74) is 1.05. The molecule has 23 heavy (non-hydrogen) atoms. The quantitative estimate of drug-likeness (QED) is 0.803. The molecule has 1 heterocycles. The number of β-amino-alcohol motifs (C(OH)–C–C–N with tert-alkyl or cyclic N) is 1. The van der Waals surface area contributed by atoms with Gasteiger partial charge in [-0.2, -0.15) is 0 Å². The van der Waals surface area contributed by atoms with Crippen molar-refractivity contribution in [1.29, 1.82) is 0 Å². The molecule has 5 heteroatoms. The molecule has 1 aromatic carbocycles. The van der Waals surface area contributed by atoms with Gasteiger partial charge in [0, 0.05) is 24.5 Å². The van der Waals surface area contributed by atoms with E-state index in [-0.39, 0.29) is 5.91 Å². The van der Waals surface area contributed by atoms with Gasteiger partial charge in [-0.3, -0.25) is 4.79 Å². The maximum Gasteiger partial charge on any atom is 0.220 e. The molecule has 2 N–H and O–H groups in total. The minimum atomic E-state index is -0.501. The zero-order chi connectivity index (χ0) is 16.7. The van der Waals surface area contributed by atoms with Crippen molar-refractivity contribution in [3.8, 4) is 0 Å². The van der Waals surface area contributed by atoms with Crippen molar-refractivity contribution in [3.63, 3.8) is 0 Å². The van der Waals surface area contributed by atoms with E-state index in [2.05, 4.69) is 17.1 Å². The normalized spacial score (nSPS) is 17.9. The first-order valence-corrected chi connectivity index (χ1v) is 8.82. The van der Waals surface area contributed by atoms with E-state index in [0.717, 1.165) is 24.6 Å². The molecule has 1 unspecified atom stereocenters. The number of benzene rings is 1. The zero-order valence-corrected chi connectivity index (χ0v) is 14.6. The number of amides is 1. The number of hydrogen-bond donors (Lipinski definition) is 2. The standard InChI is InChI=1S/C18H27ClN2O2/c1-14-7-9-21(10-8-14)13-17(22)12-20-18(23)6-5-15-3-2-4-16(19)11-15/h2-4,11,14,17,22H,5-10,12-13H2,1H3,(H,20,23). The molecule has 1 aliphatic heterocycles. The van der Waals surface area contributed by atoms with Gasteiger partial charge in [0.25, 0.3) is 0 Å². The molecule has 1 fully saturated rings. The van der Waals surface area contributed by atoms with Gasteiger partial charge in [-0.25, -0.2) is 0 Å². The van der Waals surface area contributed by atoms with E-state index in [1.165, 1.54) is 12.8 Å². The molecular formula is C18H27ClN2O2. The Morgan fingerprint density at radius 3 is 2.87 bits per heavy atom. The minimum absolute atomic E-state index is 0.0312. The summed E-state index contributed by atoms with van der Waals surface area (Å²) in [6.07, 6.45) is 2.96. The molecule has 0 spiro atoms. The highest BCUT2D eigenvalue weighted by molar-refractivity contribution is 6.30. The van der Waals surface area contributed by atoms with Crippen molar-refractivity contribution in [2.24, 2.45) is 5.92 Å². The van der Waals surface area contributed by atoms with Gasteiger partial charge in [-0.15, -0.1) is 0 Å². The number of aliphatic hydroxyl groups is 1. The van der Waals surface area contributed by atoms with Crippen LogP contribution in [0.15, 0.2) is 24.3 Å². The molecular weight excluding hydrogens is 312 g/mol. The van der Waals surface area contributed by atoms with Gasteiger partial charge in [0.15, 0.2) is 0 Å². The first kappa shape index (κ1) is 18.2. The number of aliphatic hydroxyl groups excluding tert-OH is 1. The van der Waals surface area contributed by atoms with E-state index in [1.807, 2.05) is 24.3 Å². The van der Waals surface area contributed by atoms with Crippen molar-refractivity contribution in [2.45, 2.75) is 38.7 Å². The molecule has 1 atom stereocenters. The molecule has 0 bridgehead atoms. The Hall–Kier alpha value is -1.10. The highest BCUT2D eigenvalue weighted by Gasteiger charge is 2.18. The van der Waals surface area contributed by atoms with Crippen molar-refractivity contribution in [2.75, 3.05) is 26.2 Å². The van der Waals surface area contributed by atoms with Crippen LogP contribution in [-0.4, -0.2) is 48.2 Å². The fourth-order valence-electron chi connectivity index (χ4n) is 2.88. The summed E-state index contributed by atoms with van der Waals surface area (Å²) in [5, 5.41) is 13.6. The molecule has 2 rings (SSSR count). The fraction of sp³-hybridized carbons (Fsp3) is 0.611. The van der Waals surface area contributed by atoms with Gasteiger partial charge in [-0.05, 0) is 56.0 Å². The zero-order valence-electron chi connectivity index (χ0n) is 13.8. The summed E-state index contributed by atoms with van der Waals surface area (Å²) in [7, 11) is 0. The molecule has 0 aliphatic carbocycles. The molecule has 1 saturated heterocycles. The Bertz CT molecular complexity index is 502. The van der Waals surface area contributed by atoms with Crippen molar-refractivity contribution in [3.05, 3.63) is 34.9 Å². The SMILES string of the molecule is CC1CCN(CC(O)CNC(=O)CCc2cccc(Cl)c2)CC1. The van der Waals surface area contributed by atoms with Crippen LogP contribution in [0, 0.1) is 5.92 Å². The van der Waals surface area contributed by atoms with Crippen LogP contribution < -0.4 is 5.32 Å². The molecule has 1 aliphatic rings. The van der Waals surface area contributed by atoms with E-state index in [4.69, 9.17) is 11.6 Å². The largest absolute Gasteiger partial charge is 0.390 e. The molecule has 1 amide bonds. The lowest BCUT2D eigenvalue weighted by Gasteiger charge is -2.31. The van der Waals surface area contributed by atoms with Gasteiger partial charge in [0.05, 0.1) is 6.10 Å². The summed E-state index contributed by atoms with van der Waals surface area (Å²) in [6.45, 7) is 5.32. The second-order valence-corrected chi connectivity index (χ2v) is 7.01. The van der Waals surface area contributed by atoms with Crippen molar-refractivity contribution >= 4 is 17.5 Å². The summed E-state index contributed by atoms with van der Waals surface area (Å²) in [4.78, 5) is 14.2. The molecule has 4 nitrogen and oxygen atoms in total. The monoisotopic (exact) mass is 338 g/mol. The number of carbonyl (C=O) groups is 1. The molecule has 128 valence electrons. The summed E-state index contributed by atoms with van der Waals surface area (Å²) in [6, 6.07) is 7.55. The third kappa shape index (κ3) is 6.90. The van der Waals surface area contributed by atoms with Gasteiger partial charge in [0.1, 0.15) is 0 Å². The smallest absolute Gasteiger partial charge is 0.220 e. The number of rotatable bonds is 7. The molecule has 0 radical (unpaired) electrons. The highest BCUT2D eigenvalue weighted by Crippen LogP contribution is 2.16. The Balaban J connectivity index is 1.62. The average molecular weight is 339 g/mol. The van der Waals surface area contributed by atoms with Crippen LogP contribution in [0.5, 0.6) is 0 Å². The third-order valence-electron chi connectivity index (χ3n) is 4.41. The number of nitrogens with zero attached hydrogens (tertiary/aromatic N) is 1. The van der Waals surface area contributed by atoms with Crippen LogP contribution in [0.2, 0.25) is 5.02 Å². The van der Waals surface area contributed by atoms with Crippen LogP contribution in [0.1, 0.15) is 31.7 Å². The van der Waals surface area contributed by atoms with Gasteiger partial charge in [-0.1, -0.05) is 30.7 Å². The molecule has 0 aromatic heterocycles. The lowest BCUT2D eigenvalue weighted by molar-refractivity contribution is -0.121. The third-order valence-corrected chi connectivity index (χ3v) is 4.64. The van der Waals surface area contributed by atoms with Crippen LogP contribution in [0.25, 0.3) is 0 Å². The Morgan fingerprint density at radius 1 is 1.43 bits per heavy atom. The second-order valence-electron chi connectivity index (χ2n) is 6.57. The van der Waals surface area contributed by atoms with Crippen LogP contribution >= 0.6 is 11.6 Å². The van der Waals surface area contributed by atoms with Crippen LogP contribution in [0.4, 0.5) is 0 Å². The number of carbonyl (C=O) groups excluding carboxylic acids is 1. The van der Waals surface area contributed by atoms with Crippen LogP contribution in [0.3, 0.4) is 0 Å². The van der Waals surface area contributed by atoms with E-state index in [1.54, 1.807) is 0 Å². The maximum atomic E-state index is 11.9. The van der Waals surface area contributed by atoms with Gasteiger partial charge in [0.2, 0.25) is 5.91 Å². The predicted molar refractivity (Wildman–Crippen MR) is 93.6 cm³/mol. The Labute approximate surface area is 143 Å². The summed E-state index contributed by atoms with van der Waals surface area (Å²) < 4.78 is 0. The molecule has 0 saturated carbocycles.